The van der Waals surface area contributed by atoms with Crippen LogP contribution >= 0.6 is 0 Å². The minimum Gasteiger partial charge on any atom is -0.481 e. The SMILES string of the molecule is CC(C)N(CCC(=O)O)C(=O)c1c[nH]c(=O)[nH]1. The Morgan fingerprint density at radius 2 is 2.12 bits per heavy atom. The summed E-state index contributed by atoms with van der Waals surface area (Å²) in [6.45, 7) is 3.67. The molecule has 1 rings (SSSR count). The zero-order valence-electron chi connectivity index (χ0n) is 9.69. The van der Waals surface area contributed by atoms with Crippen LogP contribution in [-0.4, -0.2) is 44.4 Å². The molecule has 0 aliphatic carbocycles. The van der Waals surface area contributed by atoms with Crippen molar-refractivity contribution < 1.29 is 14.7 Å². The molecule has 0 aromatic carbocycles. The maximum absolute atomic E-state index is 12.0. The predicted molar refractivity (Wildman–Crippen MR) is 59.8 cm³/mol. The Balaban J connectivity index is 2.80. The van der Waals surface area contributed by atoms with Gasteiger partial charge in [-0.25, -0.2) is 4.79 Å². The number of hydrogen-bond acceptors (Lipinski definition) is 3. The molecule has 0 saturated carbocycles. The highest BCUT2D eigenvalue weighted by Gasteiger charge is 2.20. The second kappa shape index (κ2) is 5.33. The third-order valence-corrected chi connectivity index (χ3v) is 2.28. The van der Waals surface area contributed by atoms with Crippen molar-refractivity contribution in [3.63, 3.8) is 0 Å². The first-order chi connectivity index (χ1) is 7.91. The molecule has 0 atom stereocenters. The molecule has 94 valence electrons. The van der Waals surface area contributed by atoms with Gasteiger partial charge in [0.25, 0.3) is 5.91 Å². The molecule has 0 bridgehead atoms. The average Bonchev–Trinajstić information content (AvgIpc) is 2.63. The largest absolute Gasteiger partial charge is 0.481 e. The summed E-state index contributed by atoms with van der Waals surface area (Å²) in [6, 6.07) is -0.139. The Morgan fingerprint density at radius 3 is 2.53 bits per heavy atom. The number of imidazole rings is 1. The van der Waals surface area contributed by atoms with E-state index in [1.54, 1.807) is 13.8 Å². The summed E-state index contributed by atoms with van der Waals surface area (Å²) in [5.74, 6) is -1.36. The zero-order chi connectivity index (χ0) is 13.0. The topological polar surface area (TPSA) is 106 Å². The fourth-order valence-corrected chi connectivity index (χ4v) is 1.41. The second-order valence-electron chi connectivity index (χ2n) is 3.89. The fraction of sp³-hybridized carbons (Fsp3) is 0.500. The van der Waals surface area contributed by atoms with Gasteiger partial charge in [0.2, 0.25) is 0 Å². The highest BCUT2D eigenvalue weighted by Crippen LogP contribution is 2.05. The number of aromatic amines is 2. The van der Waals surface area contributed by atoms with E-state index in [2.05, 4.69) is 9.97 Å². The first kappa shape index (κ1) is 13.0. The number of hydrogen-bond donors (Lipinski definition) is 3. The maximum Gasteiger partial charge on any atom is 0.323 e. The number of carbonyl (C=O) groups is 2. The summed E-state index contributed by atoms with van der Waals surface area (Å²) in [5.41, 5.74) is -0.329. The van der Waals surface area contributed by atoms with E-state index in [0.29, 0.717) is 0 Å². The number of carboxylic acid groups (broad SMARTS) is 1. The van der Waals surface area contributed by atoms with Gasteiger partial charge in [-0.2, -0.15) is 0 Å². The van der Waals surface area contributed by atoms with Gasteiger partial charge in [0.05, 0.1) is 6.42 Å². The first-order valence-electron chi connectivity index (χ1n) is 5.22. The van der Waals surface area contributed by atoms with Crippen molar-refractivity contribution in [2.24, 2.45) is 0 Å². The Labute approximate surface area is 97.5 Å². The van der Waals surface area contributed by atoms with Crippen LogP contribution < -0.4 is 5.69 Å². The van der Waals surface area contributed by atoms with Crippen molar-refractivity contribution in [1.82, 2.24) is 14.9 Å². The van der Waals surface area contributed by atoms with E-state index in [-0.39, 0.29) is 30.6 Å². The summed E-state index contributed by atoms with van der Waals surface area (Å²) in [7, 11) is 0. The molecule has 1 aromatic heterocycles. The maximum atomic E-state index is 12.0. The van der Waals surface area contributed by atoms with E-state index < -0.39 is 11.7 Å². The van der Waals surface area contributed by atoms with Crippen molar-refractivity contribution in [2.75, 3.05) is 6.54 Å². The molecule has 0 fully saturated rings. The zero-order valence-corrected chi connectivity index (χ0v) is 9.69. The van der Waals surface area contributed by atoms with E-state index in [1.165, 1.54) is 11.1 Å². The molecular weight excluding hydrogens is 226 g/mol. The normalized spacial score (nSPS) is 10.5. The lowest BCUT2D eigenvalue weighted by Gasteiger charge is -2.25. The molecule has 7 heteroatoms. The van der Waals surface area contributed by atoms with Crippen LogP contribution in [0.3, 0.4) is 0 Å². The first-order valence-corrected chi connectivity index (χ1v) is 5.22. The number of carboxylic acids is 1. The van der Waals surface area contributed by atoms with Crippen LogP contribution in [0.2, 0.25) is 0 Å². The number of nitrogens with one attached hydrogen (secondary N) is 2. The molecule has 3 N–H and O–H groups in total. The molecule has 1 amide bonds. The van der Waals surface area contributed by atoms with Crippen LogP contribution in [0, 0.1) is 0 Å². The van der Waals surface area contributed by atoms with Gasteiger partial charge in [-0.15, -0.1) is 0 Å². The van der Waals surface area contributed by atoms with Crippen LogP contribution in [0.1, 0.15) is 30.8 Å². The summed E-state index contributed by atoms with van der Waals surface area (Å²) in [5, 5.41) is 8.60. The Hall–Kier alpha value is -2.05. The Bertz CT molecular complexity index is 460. The molecule has 0 aliphatic rings. The van der Waals surface area contributed by atoms with Gasteiger partial charge in [0.1, 0.15) is 5.69 Å². The van der Waals surface area contributed by atoms with Gasteiger partial charge in [-0.3, -0.25) is 9.59 Å². The van der Waals surface area contributed by atoms with E-state index in [0.717, 1.165) is 0 Å². The molecule has 0 radical (unpaired) electrons. The van der Waals surface area contributed by atoms with Crippen molar-refractivity contribution in [2.45, 2.75) is 26.3 Å². The summed E-state index contributed by atoms with van der Waals surface area (Å²) >= 11 is 0. The molecule has 0 spiro atoms. The molecule has 0 aliphatic heterocycles. The highest BCUT2D eigenvalue weighted by atomic mass is 16.4. The third-order valence-electron chi connectivity index (χ3n) is 2.28. The number of nitrogens with zero attached hydrogens (tertiary/aromatic N) is 1. The summed E-state index contributed by atoms with van der Waals surface area (Å²) in [6.07, 6.45) is 1.15. The predicted octanol–water partition coefficient (Wildman–Crippen LogP) is 0.0283. The van der Waals surface area contributed by atoms with Gasteiger partial charge in [0, 0.05) is 18.8 Å². The van der Waals surface area contributed by atoms with Crippen molar-refractivity contribution in [3.05, 3.63) is 22.4 Å². The Kier molecular flexibility index (Phi) is 4.08. The molecule has 1 aromatic rings. The lowest BCUT2D eigenvalue weighted by atomic mass is 10.2. The lowest BCUT2D eigenvalue weighted by Crippen LogP contribution is -2.38. The van der Waals surface area contributed by atoms with Crippen LogP contribution in [0.25, 0.3) is 0 Å². The van der Waals surface area contributed by atoms with E-state index in [4.69, 9.17) is 5.11 Å². The van der Waals surface area contributed by atoms with Crippen LogP contribution in [0.15, 0.2) is 11.0 Å². The molecule has 17 heavy (non-hydrogen) atoms. The van der Waals surface area contributed by atoms with Gasteiger partial charge >= 0.3 is 11.7 Å². The minimum absolute atomic E-state index is 0.110. The highest BCUT2D eigenvalue weighted by molar-refractivity contribution is 5.92. The van der Waals surface area contributed by atoms with Gasteiger partial charge < -0.3 is 20.0 Å². The molecule has 7 nitrogen and oxygen atoms in total. The average molecular weight is 241 g/mol. The standard InChI is InChI=1S/C10H15N3O4/c1-6(2)13(4-3-8(14)15)9(16)7-5-11-10(17)12-7/h5-6H,3-4H2,1-2H3,(H,14,15)(H2,11,12,17). The molecular formula is C10H15N3O4. The van der Waals surface area contributed by atoms with Crippen molar-refractivity contribution in [1.29, 1.82) is 0 Å². The van der Waals surface area contributed by atoms with E-state index in [9.17, 15) is 14.4 Å². The van der Waals surface area contributed by atoms with Crippen LogP contribution in [0.4, 0.5) is 0 Å². The third kappa shape index (κ3) is 3.47. The molecule has 0 unspecified atom stereocenters. The van der Waals surface area contributed by atoms with Crippen LogP contribution in [0.5, 0.6) is 0 Å². The van der Waals surface area contributed by atoms with Gasteiger partial charge in [0.15, 0.2) is 0 Å². The van der Waals surface area contributed by atoms with Crippen molar-refractivity contribution >= 4 is 11.9 Å². The van der Waals surface area contributed by atoms with Gasteiger partial charge in [-0.05, 0) is 13.8 Å². The quantitative estimate of drug-likeness (QED) is 0.676. The monoisotopic (exact) mass is 241 g/mol. The number of rotatable bonds is 5. The lowest BCUT2D eigenvalue weighted by molar-refractivity contribution is -0.137. The molecule has 1 heterocycles. The summed E-state index contributed by atoms with van der Waals surface area (Å²) < 4.78 is 0. The number of aromatic nitrogens is 2. The van der Waals surface area contributed by atoms with E-state index in [1.807, 2.05) is 0 Å². The number of aliphatic carboxylic acids is 1. The number of carbonyl (C=O) groups excluding carboxylic acids is 1. The Morgan fingerprint density at radius 1 is 1.47 bits per heavy atom. The van der Waals surface area contributed by atoms with Gasteiger partial charge in [-0.1, -0.05) is 0 Å². The minimum atomic E-state index is -0.967. The van der Waals surface area contributed by atoms with Crippen molar-refractivity contribution in [3.8, 4) is 0 Å². The van der Waals surface area contributed by atoms with E-state index >= 15 is 0 Å². The van der Waals surface area contributed by atoms with Crippen LogP contribution in [-0.2, 0) is 4.79 Å². The molecule has 0 saturated heterocycles. The fourth-order valence-electron chi connectivity index (χ4n) is 1.41. The number of amides is 1. The number of H-pyrrole nitrogens is 2. The smallest absolute Gasteiger partial charge is 0.323 e. The summed E-state index contributed by atoms with van der Waals surface area (Å²) in [4.78, 5) is 39.4. The second-order valence-corrected chi connectivity index (χ2v) is 3.89.